The highest BCUT2D eigenvalue weighted by Crippen LogP contribution is 2.28. The van der Waals surface area contributed by atoms with E-state index in [0.29, 0.717) is 49.7 Å². The van der Waals surface area contributed by atoms with E-state index in [2.05, 4.69) is 12.1 Å². The minimum absolute atomic E-state index is 0.0536. The monoisotopic (exact) mass is 396 g/mol. The zero-order chi connectivity index (χ0) is 20.6. The first-order valence-electron chi connectivity index (χ1n) is 9.95. The number of benzene rings is 2. The molecule has 0 aliphatic carbocycles. The number of aryl methyl sites for hydroxylation is 1. The molecule has 6 nitrogen and oxygen atoms in total. The van der Waals surface area contributed by atoms with Gasteiger partial charge in [0.15, 0.2) is 11.5 Å². The van der Waals surface area contributed by atoms with Gasteiger partial charge >= 0.3 is 0 Å². The van der Waals surface area contributed by atoms with Crippen LogP contribution < -0.4 is 9.47 Å². The number of carbonyl (C=O) groups is 2. The van der Waals surface area contributed by atoms with Gasteiger partial charge in [-0.2, -0.15) is 0 Å². The normalized spacial score (nSPS) is 13.9. The summed E-state index contributed by atoms with van der Waals surface area (Å²) >= 11 is 0. The lowest BCUT2D eigenvalue weighted by molar-refractivity contribution is -0.132. The van der Waals surface area contributed by atoms with Gasteiger partial charge in [-0.1, -0.05) is 30.3 Å². The average molecular weight is 396 g/mol. The summed E-state index contributed by atoms with van der Waals surface area (Å²) in [4.78, 5) is 28.9. The van der Waals surface area contributed by atoms with E-state index in [1.807, 2.05) is 23.1 Å². The molecule has 2 amide bonds. The second-order valence-corrected chi connectivity index (χ2v) is 7.08. The number of amides is 2. The summed E-state index contributed by atoms with van der Waals surface area (Å²) in [7, 11) is 3.11. The molecule has 0 radical (unpaired) electrons. The predicted octanol–water partition coefficient (Wildman–Crippen LogP) is 3.01. The third kappa shape index (κ3) is 5.28. The van der Waals surface area contributed by atoms with Crippen LogP contribution in [0.15, 0.2) is 48.5 Å². The molecule has 6 heteroatoms. The Morgan fingerprint density at radius 3 is 2.17 bits per heavy atom. The minimum Gasteiger partial charge on any atom is -0.493 e. The number of piperazine rings is 1. The second-order valence-electron chi connectivity index (χ2n) is 7.08. The lowest BCUT2D eigenvalue weighted by Crippen LogP contribution is -2.50. The third-order valence-corrected chi connectivity index (χ3v) is 5.25. The maximum atomic E-state index is 12.8. The van der Waals surface area contributed by atoms with Crippen molar-refractivity contribution < 1.29 is 19.1 Å². The molecule has 0 saturated carbocycles. The number of rotatable bonds is 7. The summed E-state index contributed by atoms with van der Waals surface area (Å²) in [5, 5.41) is 0. The highest BCUT2D eigenvalue weighted by Gasteiger charge is 2.25. The second kappa shape index (κ2) is 9.96. The van der Waals surface area contributed by atoms with E-state index in [4.69, 9.17) is 9.47 Å². The first-order valence-corrected chi connectivity index (χ1v) is 9.95. The van der Waals surface area contributed by atoms with Gasteiger partial charge in [-0.15, -0.1) is 0 Å². The largest absolute Gasteiger partial charge is 0.493 e. The molecule has 0 atom stereocenters. The Kier molecular flexibility index (Phi) is 7.11. The number of hydrogen-bond acceptors (Lipinski definition) is 4. The number of carbonyl (C=O) groups excluding carboxylic acids is 2. The van der Waals surface area contributed by atoms with Gasteiger partial charge in [0, 0.05) is 38.2 Å². The van der Waals surface area contributed by atoms with E-state index in [0.717, 1.165) is 12.8 Å². The van der Waals surface area contributed by atoms with Gasteiger partial charge in [0.05, 0.1) is 14.2 Å². The molecule has 1 fully saturated rings. The van der Waals surface area contributed by atoms with Gasteiger partial charge in [0.2, 0.25) is 5.91 Å². The molecule has 1 saturated heterocycles. The fraction of sp³-hybridized carbons (Fsp3) is 0.391. The van der Waals surface area contributed by atoms with Crippen molar-refractivity contribution in [2.45, 2.75) is 19.3 Å². The SMILES string of the molecule is COc1ccc(C(=O)N2CCN(C(=O)CCCc3ccccc3)CC2)cc1OC. The molecule has 1 heterocycles. The number of ether oxygens (including phenoxy) is 2. The summed E-state index contributed by atoms with van der Waals surface area (Å²) in [6.45, 7) is 2.22. The van der Waals surface area contributed by atoms with Gasteiger partial charge in [-0.3, -0.25) is 9.59 Å². The topological polar surface area (TPSA) is 59.1 Å². The van der Waals surface area contributed by atoms with Crippen LogP contribution in [0.5, 0.6) is 11.5 Å². The van der Waals surface area contributed by atoms with Crippen LogP contribution in [0.3, 0.4) is 0 Å². The van der Waals surface area contributed by atoms with Gasteiger partial charge < -0.3 is 19.3 Å². The molecular formula is C23H28N2O4. The lowest BCUT2D eigenvalue weighted by Gasteiger charge is -2.35. The van der Waals surface area contributed by atoms with E-state index in [9.17, 15) is 9.59 Å². The van der Waals surface area contributed by atoms with Crippen molar-refractivity contribution in [3.63, 3.8) is 0 Å². The maximum Gasteiger partial charge on any atom is 0.254 e. The highest BCUT2D eigenvalue weighted by molar-refractivity contribution is 5.95. The Balaban J connectivity index is 1.48. The third-order valence-electron chi connectivity index (χ3n) is 5.25. The van der Waals surface area contributed by atoms with E-state index in [-0.39, 0.29) is 11.8 Å². The van der Waals surface area contributed by atoms with Crippen molar-refractivity contribution in [3.8, 4) is 11.5 Å². The van der Waals surface area contributed by atoms with E-state index >= 15 is 0 Å². The molecule has 2 aromatic rings. The van der Waals surface area contributed by atoms with E-state index in [1.165, 1.54) is 5.56 Å². The van der Waals surface area contributed by atoms with Crippen molar-refractivity contribution in [1.29, 1.82) is 0 Å². The fourth-order valence-electron chi connectivity index (χ4n) is 3.56. The molecule has 0 unspecified atom stereocenters. The molecule has 0 aromatic heterocycles. The van der Waals surface area contributed by atoms with Crippen molar-refractivity contribution in [2.75, 3.05) is 40.4 Å². The molecule has 3 rings (SSSR count). The van der Waals surface area contributed by atoms with Crippen LogP contribution in [0.2, 0.25) is 0 Å². The predicted molar refractivity (Wildman–Crippen MR) is 111 cm³/mol. The van der Waals surface area contributed by atoms with Crippen molar-refractivity contribution in [3.05, 3.63) is 59.7 Å². The molecule has 2 aromatic carbocycles. The first-order chi connectivity index (χ1) is 14.1. The van der Waals surface area contributed by atoms with Crippen molar-refractivity contribution >= 4 is 11.8 Å². The van der Waals surface area contributed by atoms with Crippen molar-refractivity contribution in [2.24, 2.45) is 0 Å². The van der Waals surface area contributed by atoms with Crippen LogP contribution in [0.4, 0.5) is 0 Å². The Bertz CT molecular complexity index is 830. The number of methoxy groups -OCH3 is 2. The minimum atomic E-state index is -0.0536. The average Bonchev–Trinajstić information content (AvgIpc) is 2.78. The number of nitrogens with zero attached hydrogens (tertiary/aromatic N) is 2. The zero-order valence-electron chi connectivity index (χ0n) is 17.1. The fourth-order valence-corrected chi connectivity index (χ4v) is 3.56. The van der Waals surface area contributed by atoms with Gasteiger partial charge in [-0.05, 0) is 36.6 Å². The van der Waals surface area contributed by atoms with Gasteiger partial charge in [0.1, 0.15) is 0 Å². The highest BCUT2D eigenvalue weighted by atomic mass is 16.5. The smallest absolute Gasteiger partial charge is 0.254 e. The molecule has 1 aliphatic rings. The Morgan fingerprint density at radius 1 is 0.862 bits per heavy atom. The van der Waals surface area contributed by atoms with Crippen LogP contribution in [-0.4, -0.2) is 62.0 Å². The van der Waals surface area contributed by atoms with Crippen molar-refractivity contribution in [1.82, 2.24) is 9.80 Å². The summed E-state index contributed by atoms with van der Waals surface area (Å²) in [5.41, 5.74) is 1.82. The maximum absolute atomic E-state index is 12.8. The van der Waals surface area contributed by atoms with E-state index < -0.39 is 0 Å². The van der Waals surface area contributed by atoms with Gasteiger partial charge in [0.25, 0.3) is 5.91 Å². The zero-order valence-corrected chi connectivity index (χ0v) is 17.1. The summed E-state index contributed by atoms with van der Waals surface area (Å²) in [6, 6.07) is 15.4. The lowest BCUT2D eigenvalue weighted by atomic mass is 10.1. The number of hydrogen-bond donors (Lipinski definition) is 0. The van der Waals surface area contributed by atoms with Crippen LogP contribution in [0.25, 0.3) is 0 Å². The summed E-state index contributed by atoms with van der Waals surface area (Å²) in [5.74, 6) is 1.24. The molecular weight excluding hydrogens is 368 g/mol. The molecule has 0 spiro atoms. The standard InChI is InChI=1S/C23H28N2O4/c1-28-20-12-11-19(17-21(20)29-2)23(27)25-15-13-24(14-16-25)22(26)10-6-9-18-7-4-3-5-8-18/h3-5,7-8,11-12,17H,6,9-10,13-16H2,1-2H3. The van der Waals surface area contributed by atoms with Gasteiger partial charge in [-0.25, -0.2) is 0 Å². The molecule has 154 valence electrons. The molecule has 1 aliphatic heterocycles. The van der Waals surface area contributed by atoms with Crippen LogP contribution in [0.1, 0.15) is 28.8 Å². The Morgan fingerprint density at radius 2 is 1.52 bits per heavy atom. The molecule has 0 N–H and O–H groups in total. The van der Waals surface area contributed by atoms with E-state index in [1.54, 1.807) is 37.3 Å². The van der Waals surface area contributed by atoms with Crippen LogP contribution in [-0.2, 0) is 11.2 Å². The Hall–Kier alpha value is -3.02. The quantitative estimate of drug-likeness (QED) is 0.722. The van der Waals surface area contributed by atoms with Crippen LogP contribution >= 0.6 is 0 Å². The summed E-state index contributed by atoms with van der Waals surface area (Å²) < 4.78 is 10.5. The summed E-state index contributed by atoms with van der Waals surface area (Å²) in [6.07, 6.45) is 2.29. The molecule has 29 heavy (non-hydrogen) atoms. The molecule has 0 bridgehead atoms. The van der Waals surface area contributed by atoms with Crippen LogP contribution in [0, 0.1) is 0 Å². The first kappa shape index (κ1) is 20.7. The Labute approximate surface area is 172 Å².